The van der Waals surface area contributed by atoms with Crippen LogP contribution in [0.15, 0.2) is 27.8 Å². The molecule has 1 heterocycles. The number of nitrogens with two attached hydrogens (primary N) is 1. The molecule has 7 nitrogen and oxygen atoms in total. The zero-order chi connectivity index (χ0) is 14.9. The maximum atomic E-state index is 12.0. The highest BCUT2D eigenvalue weighted by molar-refractivity contribution is 6.03. The molecule has 2 aromatic rings. The van der Waals surface area contributed by atoms with Gasteiger partial charge in [0.15, 0.2) is 0 Å². The molecule has 0 radical (unpaired) electrons. The molecule has 5 N–H and O–H groups in total. The minimum Gasteiger partial charge on any atom is -0.324 e. The third-order valence-electron chi connectivity index (χ3n) is 3.10. The zero-order valence-electron chi connectivity index (χ0n) is 11.2. The monoisotopic (exact) mass is 276 g/mol. The van der Waals surface area contributed by atoms with Crippen LogP contribution in [0.25, 0.3) is 10.8 Å². The van der Waals surface area contributed by atoms with Gasteiger partial charge in [0.25, 0.3) is 11.1 Å². The molecule has 0 aliphatic rings. The molecule has 1 aromatic carbocycles. The van der Waals surface area contributed by atoms with Crippen LogP contribution in [0.3, 0.4) is 0 Å². The predicted molar refractivity (Wildman–Crippen MR) is 76.6 cm³/mol. The van der Waals surface area contributed by atoms with Gasteiger partial charge in [0.05, 0.1) is 22.5 Å². The highest BCUT2D eigenvalue weighted by atomic mass is 16.2. The number of amides is 1. The van der Waals surface area contributed by atoms with E-state index in [9.17, 15) is 14.4 Å². The number of rotatable bonds is 3. The van der Waals surface area contributed by atoms with Gasteiger partial charge in [-0.25, -0.2) is 0 Å². The molecule has 2 rings (SSSR count). The topological polar surface area (TPSA) is 121 Å². The number of carbonyl (C=O) groups is 1. The quantitative estimate of drug-likeness (QED) is 0.637. The third kappa shape index (κ3) is 2.48. The second-order valence-electron chi connectivity index (χ2n) is 4.90. The smallest absolute Gasteiger partial charge is 0.272 e. The fourth-order valence-electron chi connectivity index (χ4n) is 1.85. The second-order valence-corrected chi connectivity index (χ2v) is 4.90. The minimum absolute atomic E-state index is 0.0355. The Kier molecular flexibility index (Phi) is 3.71. The van der Waals surface area contributed by atoms with E-state index in [0.717, 1.165) is 0 Å². The van der Waals surface area contributed by atoms with Gasteiger partial charge in [0, 0.05) is 0 Å². The molecule has 20 heavy (non-hydrogen) atoms. The molecule has 0 bridgehead atoms. The van der Waals surface area contributed by atoms with Crippen LogP contribution in [0.2, 0.25) is 0 Å². The second kappa shape index (κ2) is 5.30. The minimum atomic E-state index is -0.689. The number of nitrogens with one attached hydrogen (secondary N) is 3. The van der Waals surface area contributed by atoms with Gasteiger partial charge in [0.2, 0.25) is 5.91 Å². The van der Waals surface area contributed by atoms with E-state index in [-0.39, 0.29) is 22.4 Å². The average Bonchev–Trinajstić information content (AvgIpc) is 2.42. The number of fused-ring (bicyclic) bond motifs is 1. The van der Waals surface area contributed by atoms with E-state index < -0.39 is 23.1 Å². The molecule has 0 aliphatic carbocycles. The fraction of sp³-hybridized carbons (Fsp3) is 0.308. The van der Waals surface area contributed by atoms with Crippen LogP contribution in [0, 0.1) is 5.92 Å². The molecule has 0 aliphatic heterocycles. The van der Waals surface area contributed by atoms with Crippen molar-refractivity contribution < 1.29 is 4.79 Å². The lowest BCUT2D eigenvalue weighted by molar-refractivity contribution is -0.118. The van der Waals surface area contributed by atoms with Crippen LogP contribution in [0.5, 0.6) is 0 Å². The molecule has 0 spiro atoms. The number of H-pyrrole nitrogens is 2. The summed E-state index contributed by atoms with van der Waals surface area (Å²) in [7, 11) is 0. The molecule has 1 unspecified atom stereocenters. The maximum Gasteiger partial charge on any atom is 0.272 e. The van der Waals surface area contributed by atoms with Crippen molar-refractivity contribution in [2.75, 3.05) is 5.32 Å². The Hall–Kier alpha value is -2.41. The number of carbonyl (C=O) groups excluding carboxylic acids is 1. The molecule has 0 saturated carbocycles. The van der Waals surface area contributed by atoms with Crippen LogP contribution in [0.1, 0.15) is 13.8 Å². The lowest BCUT2D eigenvalue weighted by atomic mass is 10.0. The lowest BCUT2D eigenvalue weighted by Crippen LogP contribution is -2.40. The Labute approximate surface area is 114 Å². The van der Waals surface area contributed by atoms with Gasteiger partial charge in [-0.2, -0.15) is 0 Å². The molecule has 106 valence electrons. The first-order valence-electron chi connectivity index (χ1n) is 6.22. The van der Waals surface area contributed by atoms with E-state index in [1.54, 1.807) is 12.1 Å². The predicted octanol–water partition coefficient (Wildman–Crippen LogP) is 0.138. The van der Waals surface area contributed by atoms with Crippen molar-refractivity contribution in [3.05, 3.63) is 38.9 Å². The van der Waals surface area contributed by atoms with Crippen LogP contribution >= 0.6 is 0 Å². The Morgan fingerprint density at radius 1 is 1.20 bits per heavy atom. The van der Waals surface area contributed by atoms with Gasteiger partial charge < -0.3 is 11.1 Å². The Bertz CT molecular complexity index is 760. The average molecular weight is 276 g/mol. The normalized spacial score (nSPS) is 12.6. The first kappa shape index (κ1) is 14.0. The summed E-state index contributed by atoms with van der Waals surface area (Å²) < 4.78 is 0. The molecule has 0 fully saturated rings. The summed E-state index contributed by atoms with van der Waals surface area (Å²) in [4.78, 5) is 35.4. The number of hydrogen-bond acceptors (Lipinski definition) is 4. The van der Waals surface area contributed by atoms with E-state index >= 15 is 0 Å². The van der Waals surface area contributed by atoms with Crippen molar-refractivity contribution in [2.45, 2.75) is 19.9 Å². The van der Waals surface area contributed by atoms with Gasteiger partial charge in [-0.1, -0.05) is 19.9 Å². The van der Waals surface area contributed by atoms with Crippen LogP contribution in [-0.4, -0.2) is 22.1 Å². The summed E-state index contributed by atoms with van der Waals surface area (Å²) in [5, 5.41) is 7.42. The Morgan fingerprint density at radius 3 is 2.50 bits per heavy atom. The van der Waals surface area contributed by atoms with Crippen molar-refractivity contribution in [1.82, 2.24) is 10.2 Å². The molecule has 1 atom stereocenters. The van der Waals surface area contributed by atoms with Crippen molar-refractivity contribution in [3.63, 3.8) is 0 Å². The number of anilines is 1. The van der Waals surface area contributed by atoms with Gasteiger partial charge in [-0.3, -0.25) is 24.6 Å². The SMILES string of the molecule is CC(C)C(N)C(=O)Nc1cccc2c(=O)[nH][nH]c(=O)c12. The van der Waals surface area contributed by atoms with E-state index in [0.29, 0.717) is 0 Å². The largest absolute Gasteiger partial charge is 0.324 e. The van der Waals surface area contributed by atoms with Gasteiger partial charge >= 0.3 is 0 Å². The Balaban J connectivity index is 2.51. The molecule has 7 heteroatoms. The Morgan fingerprint density at radius 2 is 1.85 bits per heavy atom. The summed E-state index contributed by atoms with van der Waals surface area (Å²) in [6, 6.07) is 3.98. The molecular weight excluding hydrogens is 260 g/mol. The van der Waals surface area contributed by atoms with Crippen molar-refractivity contribution in [2.24, 2.45) is 11.7 Å². The number of benzene rings is 1. The first-order valence-corrected chi connectivity index (χ1v) is 6.22. The van der Waals surface area contributed by atoms with Crippen molar-refractivity contribution in [1.29, 1.82) is 0 Å². The van der Waals surface area contributed by atoms with E-state index in [4.69, 9.17) is 5.73 Å². The number of aromatic amines is 2. The van der Waals surface area contributed by atoms with E-state index in [1.165, 1.54) is 6.07 Å². The van der Waals surface area contributed by atoms with Crippen LogP contribution in [0.4, 0.5) is 5.69 Å². The molecular formula is C13H16N4O3. The number of hydrogen-bond donors (Lipinski definition) is 4. The number of aromatic nitrogens is 2. The van der Waals surface area contributed by atoms with Crippen LogP contribution < -0.4 is 22.2 Å². The van der Waals surface area contributed by atoms with E-state index in [1.807, 2.05) is 13.8 Å². The van der Waals surface area contributed by atoms with Gasteiger partial charge in [0.1, 0.15) is 0 Å². The van der Waals surface area contributed by atoms with Gasteiger partial charge in [-0.15, -0.1) is 0 Å². The highest BCUT2D eigenvalue weighted by Crippen LogP contribution is 2.17. The van der Waals surface area contributed by atoms with Gasteiger partial charge in [-0.05, 0) is 18.1 Å². The maximum absolute atomic E-state index is 12.0. The van der Waals surface area contributed by atoms with Crippen molar-refractivity contribution >= 4 is 22.4 Å². The molecule has 0 saturated heterocycles. The third-order valence-corrected chi connectivity index (χ3v) is 3.10. The molecule has 1 amide bonds. The van der Waals surface area contributed by atoms with Crippen molar-refractivity contribution in [3.8, 4) is 0 Å². The zero-order valence-corrected chi connectivity index (χ0v) is 11.2. The summed E-state index contributed by atoms with van der Waals surface area (Å²) >= 11 is 0. The first-order chi connectivity index (χ1) is 9.41. The summed E-state index contributed by atoms with van der Waals surface area (Å²) in [6.45, 7) is 3.65. The summed E-state index contributed by atoms with van der Waals surface area (Å²) in [5.41, 5.74) is 5.12. The lowest BCUT2D eigenvalue weighted by Gasteiger charge is -2.15. The summed E-state index contributed by atoms with van der Waals surface area (Å²) in [6.07, 6.45) is 0. The fourth-order valence-corrected chi connectivity index (χ4v) is 1.85. The molecule has 1 aromatic heterocycles. The summed E-state index contributed by atoms with van der Waals surface area (Å²) in [5.74, 6) is -0.432. The van der Waals surface area contributed by atoms with Crippen LogP contribution in [-0.2, 0) is 4.79 Å². The highest BCUT2D eigenvalue weighted by Gasteiger charge is 2.18. The van der Waals surface area contributed by atoms with E-state index in [2.05, 4.69) is 15.5 Å². The standard InChI is InChI=1S/C13H16N4O3/c1-6(2)10(14)13(20)15-8-5-3-4-7-9(8)12(19)17-16-11(7)18/h3-6,10H,14H2,1-2H3,(H,15,20)(H,16,18)(H,17,19).